The van der Waals surface area contributed by atoms with E-state index in [0.29, 0.717) is 46.2 Å². The summed E-state index contributed by atoms with van der Waals surface area (Å²) in [6.45, 7) is 6.60. The number of benzene rings is 3. The van der Waals surface area contributed by atoms with Gasteiger partial charge in [-0.05, 0) is 69.5 Å². The molecule has 3 aromatic carbocycles. The van der Waals surface area contributed by atoms with Crippen LogP contribution in [-0.4, -0.2) is 44.0 Å². The zero-order chi connectivity index (χ0) is 33.4. The highest BCUT2D eigenvalue weighted by molar-refractivity contribution is 7.48. The molecule has 0 unspecified atom stereocenters. The second kappa shape index (κ2) is 19.2. The van der Waals surface area contributed by atoms with Crippen molar-refractivity contribution < 1.29 is 32.5 Å². The lowest BCUT2D eigenvalue weighted by Crippen LogP contribution is -2.25. The summed E-state index contributed by atoms with van der Waals surface area (Å²) in [5.41, 5.74) is 3.71. The molecule has 10 nitrogen and oxygen atoms in total. The molecule has 0 bridgehead atoms. The molecule has 3 N–H and O–H groups in total. The van der Waals surface area contributed by atoms with Crippen LogP contribution in [0.3, 0.4) is 0 Å². The first-order valence-corrected chi connectivity index (χ1v) is 17.4. The number of carbonyl (C=O) groups excluding carboxylic acids is 3. The van der Waals surface area contributed by atoms with Crippen LogP contribution >= 0.6 is 19.4 Å². The Hall–Kier alpha value is -3.53. The molecule has 0 aliphatic rings. The van der Waals surface area contributed by atoms with Crippen molar-refractivity contribution in [2.45, 2.75) is 59.3 Å². The lowest BCUT2D eigenvalue weighted by Gasteiger charge is -2.16. The van der Waals surface area contributed by atoms with E-state index in [0.717, 1.165) is 24.8 Å². The predicted octanol–water partition coefficient (Wildman–Crippen LogP) is 8.22. The summed E-state index contributed by atoms with van der Waals surface area (Å²) < 4.78 is 27.7. The van der Waals surface area contributed by atoms with Crippen LogP contribution in [0.1, 0.15) is 73.9 Å². The minimum absolute atomic E-state index is 0.0266. The summed E-state index contributed by atoms with van der Waals surface area (Å²) >= 11 is 6.50. The lowest BCUT2D eigenvalue weighted by molar-refractivity contribution is -0.124. The van der Waals surface area contributed by atoms with Crippen LogP contribution in [0.5, 0.6) is 0 Å². The van der Waals surface area contributed by atoms with Gasteiger partial charge in [0.05, 0.1) is 36.2 Å². The van der Waals surface area contributed by atoms with Gasteiger partial charge in [0, 0.05) is 36.2 Å². The molecule has 0 saturated carbocycles. The van der Waals surface area contributed by atoms with Crippen LogP contribution in [0, 0.1) is 6.92 Å². The standard InChI is InChI=1S/C34H43ClN3O7P/c1-4-43-46(42,44-5-2)45-23-13-7-6-12-22-36-32(39)20-21-33(40)38-31-17-11-10-16-30(31)37-26-18-19-28(29(35)24-26)34(41)27-15-9-8-14-25(27)3/h8-11,14-19,24,37H,4-7,12-13,20-23H2,1-3H3,(H,36,39)(H,38,40). The van der Waals surface area contributed by atoms with Crippen LogP contribution in [0.25, 0.3) is 0 Å². The third-order valence-electron chi connectivity index (χ3n) is 6.88. The van der Waals surface area contributed by atoms with Gasteiger partial charge in [0.15, 0.2) is 5.78 Å². The molecule has 0 heterocycles. The van der Waals surface area contributed by atoms with E-state index in [9.17, 15) is 18.9 Å². The summed E-state index contributed by atoms with van der Waals surface area (Å²) in [4.78, 5) is 38.0. The number of para-hydroxylation sites is 2. The SMILES string of the molecule is CCOP(=O)(OCC)OCCCCCCNC(=O)CCC(=O)Nc1ccccc1Nc1ccc(C(=O)c2ccccc2C)c(Cl)c1. The van der Waals surface area contributed by atoms with Crippen LogP contribution in [-0.2, 0) is 27.7 Å². The molecule has 248 valence electrons. The third-order valence-corrected chi connectivity index (χ3v) is 8.84. The van der Waals surface area contributed by atoms with Gasteiger partial charge in [-0.1, -0.05) is 60.8 Å². The molecule has 46 heavy (non-hydrogen) atoms. The smallest absolute Gasteiger partial charge is 0.356 e. The van der Waals surface area contributed by atoms with E-state index in [1.165, 1.54) is 0 Å². The Morgan fingerprint density at radius 1 is 0.761 bits per heavy atom. The van der Waals surface area contributed by atoms with Crippen molar-refractivity contribution in [3.05, 3.63) is 88.4 Å². The maximum Gasteiger partial charge on any atom is 0.474 e. The van der Waals surface area contributed by atoms with E-state index < -0.39 is 7.82 Å². The summed E-state index contributed by atoms with van der Waals surface area (Å²) in [5.74, 6) is -0.644. The monoisotopic (exact) mass is 671 g/mol. The maximum atomic E-state index is 13.0. The van der Waals surface area contributed by atoms with E-state index in [4.69, 9.17) is 25.2 Å². The molecular weight excluding hydrogens is 629 g/mol. The average Bonchev–Trinajstić information content (AvgIpc) is 3.02. The van der Waals surface area contributed by atoms with Crippen molar-refractivity contribution >= 4 is 54.1 Å². The number of halogens is 1. The number of aryl methyl sites for hydroxylation is 1. The van der Waals surface area contributed by atoms with Gasteiger partial charge in [-0.2, -0.15) is 0 Å². The highest BCUT2D eigenvalue weighted by Gasteiger charge is 2.24. The fourth-order valence-electron chi connectivity index (χ4n) is 4.55. The van der Waals surface area contributed by atoms with E-state index in [1.807, 2.05) is 37.3 Å². The van der Waals surface area contributed by atoms with Gasteiger partial charge in [-0.3, -0.25) is 28.0 Å². The van der Waals surface area contributed by atoms with Gasteiger partial charge < -0.3 is 16.0 Å². The summed E-state index contributed by atoms with van der Waals surface area (Å²) in [7, 11) is -3.48. The topological polar surface area (TPSA) is 132 Å². The molecule has 0 aromatic heterocycles. The first-order chi connectivity index (χ1) is 22.2. The quantitative estimate of drug-likeness (QED) is 0.0622. The number of amides is 2. The highest BCUT2D eigenvalue weighted by Crippen LogP contribution is 2.49. The van der Waals surface area contributed by atoms with Crippen molar-refractivity contribution in [2.24, 2.45) is 0 Å². The van der Waals surface area contributed by atoms with Gasteiger partial charge in [-0.25, -0.2) is 4.57 Å². The zero-order valence-electron chi connectivity index (χ0n) is 26.6. The van der Waals surface area contributed by atoms with Crippen molar-refractivity contribution in [2.75, 3.05) is 37.0 Å². The molecule has 0 fully saturated rings. The molecule has 0 atom stereocenters. The van der Waals surface area contributed by atoms with E-state index >= 15 is 0 Å². The van der Waals surface area contributed by atoms with Crippen molar-refractivity contribution in [1.82, 2.24) is 5.32 Å². The number of phosphoric ester groups is 1. The highest BCUT2D eigenvalue weighted by atomic mass is 35.5. The lowest BCUT2D eigenvalue weighted by atomic mass is 9.99. The van der Waals surface area contributed by atoms with E-state index in [2.05, 4.69) is 16.0 Å². The second-order valence-electron chi connectivity index (χ2n) is 10.4. The number of unbranched alkanes of at least 4 members (excludes halogenated alkanes) is 3. The molecule has 3 rings (SSSR count). The van der Waals surface area contributed by atoms with Gasteiger partial charge in [0.1, 0.15) is 0 Å². The molecule has 0 aliphatic carbocycles. The maximum absolute atomic E-state index is 13.0. The molecule has 0 aliphatic heterocycles. The number of hydrogen-bond donors (Lipinski definition) is 3. The third kappa shape index (κ3) is 12.0. The Morgan fingerprint density at radius 3 is 2.11 bits per heavy atom. The molecule has 2 amide bonds. The Labute approximate surface area is 276 Å². The summed E-state index contributed by atoms with van der Waals surface area (Å²) in [5, 5.41) is 9.26. The molecule has 0 saturated heterocycles. The van der Waals surface area contributed by atoms with Crippen molar-refractivity contribution in [1.29, 1.82) is 0 Å². The van der Waals surface area contributed by atoms with Gasteiger partial charge in [0.25, 0.3) is 0 Å². The Morgan fingerprint density at radius 2 is 1.41 bits per heavy atom. The van der Waals surface area contributed by atoms with Gasteiger partial charge >= 0.3 is 7.82 Å². The number of phosphoric acid groups is 1. The Bertz CT molecular complexity index is 1510. The normalized spacial score (nSPS) is 11.2. The molecule has 0 radical (unpaired) electrons. The molecular formula is C34H43ClN3O7P. The molecule has 3 aromatic rings. The number of anilines is 3. The van der Waals surface area contributed by atoms with Crippen molar-refractivity contribution in [3.63, 3.8) is 0 Å². The summed E-state index contributed by atoms with van der Waals surface area (Å²) in [6, 6.07) is 19.7. The first-order valence-electron chi connectivity index (χ1n) is 15.5. The minimum Gasteiger partial charge on any atom is -0.356 e. The van der Waals surface area contributed by atoms with Gasteiger partial charge in [0.2, 0.25) is 11.8 Å². The molecule has 0 spiro atoms. The first kappa shape index (κ1) is 36.9. The number of nitrogens with one attached hydrogen (secondary N) is 3. The van der Waals surface area contributed by atoms with Crippen LogP contribution in [0.2, 0.25) is 5.02 Å². The predicted molar refractivity (Wildman–Crippen MR) is 182 cm³/mol. The average molecular weight is 672 g/mol. The van der Waals surface area contributed by atoms with E-state index in [1.54, 1.807) is 50.2 Å². The second-order valence-corrected chi connectivity index (χ2v) is 12.5. The largest absolute Gasteiger partial charge is 0.474 e. The van der Waals surface area contributed by atoms with Crippen molar-refractivity contribution in [3.8, 4) is 0 Å². The number of hydrogen-bond acceptors (Lipinski definition) is 8. The van der Waals surface area contributed by atoms with Crippen LogP contribution in [0.4, 0.5) is 17.1 Å². The fraction of sp³-hybridized carbons (Fsp3) is 0.382. The van der Waals surface area contributed by atoms with Gasteiger partial charge in [-0.15, -0.1) is 0 Å². The minimum atomic E-state index is -3.48. The number of carbonyl (C=O) groups is 3. The zero-order valence-corrected chi connectivity index (χ0v) is 28.3. The number of ketones is 1. The number of rotatable bonds is 20. The molecule has 12 heteroatoms. The Balaban J connectivity index is 1.39. The Kier molecular flexibility index (Phi) is 15.4. The van der Waals surface area contributed by atoms with E-state index in [-0.39, 0.29) is 50.3 Å². The fourth-order valence-corrected chi connectivity index (χ4v) is 6.02. The summed E-state index contributed by atoms with van der Waals surface area (Å²) in [6.07, 6.45) is 3.26. The van der Waals surface area contributed by atoms with Crippen LogP contribution < -0.4 is 16.0 Å². The van der Waals surface area contributed by atoms with Crippen LogP contribution in [0.15, 0.2) is 66.7 Å².